The third kappa shape index (κ3) is 3.45. The van der Waals surface area contributed by atoms with Gasteiger partial charge in [0, 0.05) is 19.3 Å². The number of carbonyl (C=O) groups is 1. The molecular weight excluding hydrogens is 314 g/mol. The minimum atomic E-state index is -0.447. The number of anilines is 1. The first-order chi connectivity index (χ1) is 12.3. The summed E-state index contributed by atoms with van der Waals surface area (Å²) in [6.07, 6.45) is 4.75. The van der Waals surface area contributed by atoms with E-state index in [2.05, 4.69) is 9.88 Å². The molecule has 25 heavy (non-hydrogen) atoms. The molecule has 2 aliphatic rings. The van der Waals surface area contributed by atoms with Crippen LogP contribution in [0.2, 0.25) is 0 Å². The number of rotatable bonds is 3. The van der Waals surface area contributed by atoms with Crippen molar-refractivity contribution in [2.45, 2.75) is 31.9 Å². The monoisotopic (exact) mass is 337 g/mol. The molecule has 1 amide bonds. The van der Waals surface area contributed by atoms with Gasteiger partial charge in [0.05, 0.1) is 24.5 Å². The highest BCUT2D eigenvalue weighted by Gasteiger charge is 2.33. The summed E-state index contributed by atoms with van der Waals surface area (Å²) in [5.74, 6) is 0.889. The van der Waals surface area contributed by atoms with Crippen LogP contribution in [0.5, 0.6) is 5.75 Å². The number of benzene rings is 1. The van der Waals surface area contributed by atoms with Crippen LogP contribution in [0.25, 0.3) is 0 Å². The van der Waals surface area contributed by atoms with Crippen LogP contribution in [0.1, 0.15) is 25.0 Å². The number of amides is 1. The summed E-state index contributed by atoms with van der Waals surface area (Å²) in [6, 6.07) is 13.9. The summed E-state index contributed by atoms with van der Waals surface area (Å²) in [5.41, 5.74) is 2.01. The van der Waals surface area contributed by atoms with Gasteiger partial charge < -0.3 is 14.5 Å². The van der Waals surface area contributed by atoms with Crippen LogP contribution in [-0.2, 0) is 11.3 Å². The van der Waals surface area contributed by atoms with E-state index in [1.807, 2.05) is 47.4 Å². The number of hydrogen-bond acceptors (Lipinski definition) is 4. The number of hydrogen-bond donors (Lipinski definition) is 0. The average molecular weight is 337 g/mol. The number of nitrogens with zero attached hydrogens (tertiary/aromatic N) is 3. The van der Waals surface area contributed by atoms with Gasteiger partial charge in [0.1, 0.15) is 5.75 Å². The molecule has 0 bridgehead atoms. The van der Waals surface area contributed by atoms with Crippen LogP contribution in [0.15, 0.2) is 48.7 Å². The second-order valence-electron chi connectivity index (χ2n) is 6.66. The Balaban J connectivity index is 1.56. The number of carbonyl (C=O) groups excluding carboxylic acids is 1. The van der Waals surface area contributed by atoms with E-state index in [0.717, 1.165) is 43.1 Å². The summed E-state index contributed by atoms with van der Waals surface area (Å²) in [6.45, 7) is 2.93. The first-order valence-electron chi connectivity index (χ1n) is 9.00. The van der Waals surface area contributed by atoms with Gasteiger partial charge in [-0.25, -0.2) is 0 Å². The zero-order valence-electron chi connectivity index (χ0n) is 14.3. The minimum Gasteiger partial charge on any atom is -0.477 e. The van der Waals surface area contributed by atoms with Gasteiger partial charge in [-0.1, -0.05) is 18.2 Å². The maximum atomic E-state index is 12.9. The smallest absolute Gasteiger partial charge is 0.265 e. The lowest BCUT2D eigenvalue weighted by molar-refractivity contribution is -0.139. The Bertz CT molecular complexity index is 729. The Morgan fingerprint density at radius 2 is 1.88 bits per heavy atom. The maximum absolute atomic E-state index is 12.9. The van der Waals surface area contributed by atoms with E-state index in [9.17, 15) is 4.79 Å². The Kier molecular flexibility index (Phi) is 4.55. The lowest BCUT2D eigenvalue weighted by atomic mass is 10.1. The van der Waals surface area contributed by atoms with E-state index in [-0.39, 0.29) is 5.91 Å². The van der Waals surface area contributed by atoms with Crippen molar-refractivity contribution >= 4 is 11.6 Å². The fraction of sp³-hybridized carbons (Fsp3) is 0.400. The van der Waals surface area contributed by atoms with Crippen LogP contribution < -0.4 is 9.64 Å². The zero-order valence-corrected chi connectivity index (χ0v) is 14.3. The largest absolute Gasteiger partial charge is 0.477 e. The van der Waals surface area contributed by atoms with Gasteiger partial charge >= 0.3 is 0 Å². The summed E-state index contributed by atoms with van der Waals surface area (Å²) >= 11 is 0. The Labute approximate surface area is 148 Å². The summed E-state index contributed by atoms with van der Waals surface area (Å²) in [4.78, 5) is 21.5. The molecule has 0 spiro atoms. The molecule has 5 heteroatoms. The van der Waals surface area contributed by atoms with E-state index in [4.69, 9.17) is 4.74 Å². The number of likely N-dealkylation sites (tertiary alicyclic amines) is 1. The standard InChI is InChI=1S/C20H23N3O2/c24-20(22-12-6-1-7-13-22)19-15-23(14-16-8-4-5-11-21-16)17-9-2-3-10-18(17)25-19/h2-5,8-11,19H,1,6-7,12-15H2. The van der Waals surface area contributed by atoms with Gasteiger partial charge in [-0.05, 0) is 43.5 Å². The number of fused-ring (bicyclic) bond motifs is 1. The van der Waals surface area contributed by atoms with Crippen molar-refractivity contribution in [1.82, 2.24) is 9.88 Å². The molecular formula is C20H23N3O2. The highest BCUT2D eigenvalue weighted by molar-refractivity contribution is 5.83. The van der Waals surface area contributed by atoms with E-state index in [1.165, 1.54) is 6.42 Å². The average Bonchev–Trinajstić information content (AvgIpc) is 2.69. The van der Waals surface area contributed by atoms with Gasteiger partial charge in [0.15, 0.2) is 6.10 Å². The minimum absolute atomic E-state index is 0.111. The topological polar surface area (TPSA) is 45.7 Å². The Morgan fingerprint density at radius 1 is 1.08 bits per heavy atom. The molecule has 1 aromatic carbocycles. The molecule has 1 atom stereocenters. The van der Waals surface area contributed by atoms with E-state index >= 15 is 0 Å². The van der Waals surface area contributed by atoms with Gasteiger partial charge in [-0.3, -0.25) is 9.78 Å². The molecule has 0 radical (unpaired) electrons. The van der Waals surface area contributed by atoms with Gasteiger partial charge in [0.25, 0.3) is 5.91 Å². The van der Waals surface area contributed by atoms with Crippen molar-refractivity contribution in [2.75, 3.05) is 24.5 Å². The van der Waals surface area contributed by atoms with Crippen LogP contribution in [0.3, 0.4) is 0 Å². The van der Waals surface area contributed by atoms with Gasteiger partial charge in [0.2, 0.25) is 0 Å². The Morgan fingerprint density at radius 3 is 2.68 bits per heavy atom. The number of piperidine rings is 1. The molecule has 5 nitrogen and oxygen atoms in total. The maximum Gasteiger partial charge on any atom is 0.265 e. The van der Waals surface area contributed by atoms with Crippen molar-refractivity contribution in [3.8, 4) is 5.75 Å². The lowest BCUT2D eigenvalue weighted by Crippen LogP contribution is -2.51. The second kappa shape index (κ2) is 7.13. The molecule has 3 heterocycles. The number of ether oxygens (including phenoxy) is 1. The third-order valence-electron chi connectivity index (χ3n) is 4.88. The molecule has 1 unspecified atom stereocenters. The first-order valence-corrected chi connectivity index (χ1v) is 9.00. The van der Waals surface area contributed by atoms with Crippen LogP contribution in [-0.4, -0.2) is 41.5 Å². The summed E-state index contributed by atoms with van der Waals surface area (Å²) in [5, 5.41) is 0. The summed E-state index contributed by atoms with van der Waals surface area (Å²) in [7, 11) is 0. The quantitative estimate of drug-likeness (QED) is 0.864. The molecule has 0 saturated carbocycles. The SMILES string of the molecule is O=C(C1CN(Cc2ccccn2)c2ccccc2O1)N1CCCCC1. The van der Waals surface area contributed by atoms with Crippen molar-refractivity contribution in [2.24, 2.45) is 0 Å². The molecule has 1 fully saturated rings. The lowest BCUT2D eigenvalue weighted by Gasteiger charge is -2.38. The molecule has 0 N–H and O–H groups in total. The predicted molar refractivity (Wildman–Crippen MR) is 96.6 cm³/mol. The molecule has 1 aromatic heterocycles. The molecule has 130 valence electrons. The van der Waals surface area contributed by atoms with Gasteiger partial charge in [-0.2, -0.15) is 0 Å². The van der Waals surface area contributed by atoms with Crippen molar-refractivity contribution in [3.63, 3.8) is 0 Å². The number of para-hydroxylation sites is 2. The number of pyridine rings is 1. The van der Waals surface area contributed by atoms with E-state index in [0.29, 0.717) is 13.1 Å². The van der Waals surface area contributed by atoms with E-state index in [1.54, 1.807) is 6.20 Å². The van der Waals surface area contributed by atoms with Crippen molar-refractivity contribution < 1.29 is 9.53 Å². The zero-order chi connectivity index (χ0) is 17.1. The van der Waals surface area contributed by atoms with Crippen LogP contribution in [0, 0.1) is 0 Å². The van der Waals surface area contributed by atoms with Crippen LogP contribution >= 0.6 is 0 Å². The molecule has 2 aliphatic heterocycles. The third-order valence-corrected chi connectivity index (χ3v) is 4.88. The van der Waals surface area contributed by atoms with E-state index < -0.39 is 6.10 Å². The highest BCUT2D eigenvalue weighted by Crippen LogP contribution is 2.34. The highest BCUT2D eigenvalue weighted by atomic mass is 16.5. The van der Waals surface area contributed by atoms with Crippen molar-refractivity contribution in [3.05, 3.63) is 54.4 Å². The normalized spacial score (nSPS) is 19.9. The van der Waals surface area contributed by atoms with Crippen molar-refractivity contribution in [1.29, 1.82) is 0 Å². The summed E-state index contributed by atoms with van der Waals surface area (Å²) < 4.78 is 6.06. The Hall–Kier alpha value is -2.56. The first kappa shape index (κ1) is 15.9. The fourth-order valence-corrected chi connectivity index (χ4v) is 3.59. The fourth-order valence-electron chi connectivity index (χ4n) is 3.59. The molecule has 2 aromatic rings. The predicted octanol–water partition coefficient (Wildman–Crippen LogP) is 2.86. The molecule has 0 aliphatic carbocycles. The number of aromatic nitrogens is 1. The second-order valence-corrected chi connectivity index (χ2v) is 6.66. The molecule has 1 saturated heterocycles. The molecule has 4 rings (SSSR count). The van der Waals surface area contributed by atoms with Gasteiger partial charge in [-0.15, -0.1) is 0 Å². The van der Waals surface area contributed by atoms with Crippen LogP contribution in [0.4, 0.5) is 5.69 Å².